The number of likely N-dealkylation sites (N-methyl/N-ethyl adjacent to an activating group) is 1. The van der Waals surface area contributed by atoms with E-state index >= 15 is 0 Å². The SMILES string of the molecule is CN1C(=CC2C(O)C(Nc3ccc(N=Nc4ccccc4)c(O)c3)C2O)C(C)(C)c2ccccc21. The second kappa shape index (κ2) is 8.83. The predicted octanol–water partition coefficient (Wildman–Crippen LogP) is 5.25. The number of fused-ring (bicyclic) bond motifs is 1. The van der Waals surface area contributed by atoms with E-state index in [2.05, 4.69) is 46.4 Å². The van der Waals surface area contributed by atoms with E-state index in [1.807, 2.05) is 55.6 Å². The molecule has 4 N–H and O–H groups in total. The monoisotopic (exact) mass is 470 g/mol. The summed E-state index contributed by atoms with van der Waals surface area (Å²) in [4.78, 5) is 2.14. The van der Waals surface area contributed by atoms with Gasteiger partial charge in [0, 0.05) is 41.5 Å². The van der Waals surface area contributed by atoms with E-state index < -0.39 is 24.2 Å². The number of aliphatic hydroxyl groups excluding tert-OH is 2. The van der Waals surface area contributed by atoms with Gasteiger partial charge in [-0.3, -0.25) is 0 Å². The average Bonchev–Trinajstić information content (AvgIpc) is 3.06. The van der Waals surface area contributed by atoms with E-state index in [1.165, 1.54) is 11.6 Å². The number of aromatic hydroxyl groups is 1. The molecule has 0 aromatic heterocycles. The van der Waals surface area contributed by atoms with Crippen molar-refractivity contribution in [2.24, 2.45) is 16.1 Å². The lowest BCUT2D eigenvalue weighted by Crippen LogP contribution is -2.62. The molecule has 5 rings (SSSR count). The normalized spacial score (nSPS) is 26.1. The number of hydrogen-bond donors (Lipinski definition) is 4. The number of aliphatic hydroxyl groups is 2. The van der Waals surface area contributed by atoms with Crippen molar-refractivity contribution >= 4 is 22.7 Å². The van der Waals surface area contributed by atoms with E-state index in [0.717, 1.165) is 11.4 Å². The molecule has 0 radical (unpaired) electrons. The van der Waals surface area contributed by atoms with Crippen LogP contribution in [0.5, 0.6) is 5.75 Å². The van der Waals surface area contributed by atoms with Crippen LogP contribution in [0.2, 0.25) is 0 Å². The highest BCUT2D eigenvalue weighted by Crippen LogP contribution is 2.48. The molecule has 35 heavy (non-hydrogen) atoms. The van der Waals surface area contributed by atoms with Gasteiger partial charge in [-0.25, -0.2) is 0 Å². The maximum atomic E-state index is 10.9. The number of anilines is 2. The van der Waals surface area contributed by atoms with Crippen molar-refractivity contribution in [3.8, 4) is 5.75 Å². The summed E-state index contributed by atoms with van der Waals surface area (Å²) in [6.45, 7) is 4.32. The molecule has 180 valence electrons. The van der Waals surface area contributed by atoms with Crippen molar-refractivity contribution in [2.45, 2.75) is 37.5 Å². The first kappa shape index (κ1) is 23.1. The lowest BCUT2D eigenvalue weighted by atomic mass is 9.71. The van der Waals surface area contributed by atoms with Gasteiger partial charge in [0.1, 0.15) is 11.4 Å². The minimum absolute atomic E-state index is 0.0382. The first-order valence-electron chi connectivity index (χ1n) is 11.8. The minimum atomic E-state index is -0.773. The summed E-state index contributed by atoms with van der Waals surface area (Å²) in [5.41, 5.74) is 4.82. The van der Waals surface area contributed by atoms with Gasteiger partial charge in [-0.15, -0.1) is 5.11 Å². The molecule has 1 aliphatic carbocycles. The van der Waals surface area contributed by atoms with E-state index in [-0.39, 0.29) is 11.2 Å². The topological polar surface area (TPSA) is 101 Å². The molecule has 0 bridgehead atoms. The van der Waals surface area contributed by atoms with Crippen molar-refractivity contribution in [2.75, 3.05) is 17.3 Å². The number of nitrogens with zero attached hydrogens (tertiary/aromatic N) is 3. The van der Waals surface area contributed by atoms with Crippen LogP contribution in [0, 0.1) is 5.92 Å². The Labute approximate surface area is 205 Å². The average molecular weight is 471 g/mol. The number of phenolic OH excluding ortho intramolecular Hbond substituents is 1. The smallest absolute Gasteiger partial charge is 0.145 e. The lowest BCUT2D eigenvalue weighted by molar-refractivity contribution is -0.0824. The fourth-order valence-corrected chi connectivity index (χ4v) is 5.09. The predicted molar refractivity (Wildman–Crippen MR) is 138 cm³/mol. The number of phenols is 1. The van der Waals surface area contributed by atoms with Gasteiger partial charge in [0.05, 0.1) is 23.9 Å². The molecule has 7 heteroatoms. The molecule has 1 fully saturated rings. The molecular formula is C28H30N4O3. The van der Waals surface area contributed by atoms with Crippen LogP contribution in [-0.2, 0) is 5.41 Å². The summed E-state index contributed by atoms with van der Waals surface area (Å²) >= 11 is 0. The van der Waals surface area contributed by atoms with Crippen molar-refractivity contribution in [1.29, 1.82) is 0 Å². The summed E-state index contributed by atoms with van der Waals surface area (Å²) in [5, 5.41) is 43.5. The fraction of sp³-hybridized carbons (Fsp3) is 0.286. The van der Waals surface area contributed by atoms with Gasteiger partial charge in [-0.1, -0.05) is 56.3 Å². The van der Waals surface area contributed by atoms with E-state index in [4.69, 9.17) is 0 Å². The van der Waals surface area contributed by atoms with Gasteiger partial charge < -0.3 is 25.5 Å². The summed E-state index contributed by atoms with van der Waals surface area (Å²) in [6, 6.07) is 21.9. The number of nitrogens with one attached hydrogen (secondary N) is 1. The molecule has 2 aliphatic rings. The van der Waals surface area contributed by atoms with Crippen molar-refractivity contribution < 1.29 is 15.3 Å². The number of rotatable bonds is 5. The van der Waals surface area contributed by atoms with E-state index in [1.54, 1.807) is 12.1 Å². The molecule has 3 aromatic rings. The molecule has 2 atom stereocenters. The molecule has 7 nitrogen and oxygen atoms in total. The lowest BCUT2D eigenvalue weighted by Gasteiger charge is -2.46. The molecular weight excluding hydrogens is 440 g/mol. The summed E-state index contributed by atoms with van der Waals surface area (Å²) in [6.07, 6.45) is 0.452. The number of benzene rings is 3. The summed E-state index contributed by atoms with van der Waals surface area (Å²) in [7, 11) is 2.02. The van der Waals surface area contributed by atoms with Crippen LogP contribution < -0.4 is 10.2 Å². The van der Waals surface area contributed by atoms with Crippen LogP contribution >= 0.6 is 0 Å². The zero-order valence-corrected chi connectivity index (χ0v) is 20.0. The first-order chi connectivity index (χ1) is 16.8. The zero-order valence-electron chi connectivity index (χ0n) is 20.0. The number of allylic oxidation sites excluding steroid dienone is 1. The van der Waals surface area contributed by atoms with Crippen LogP contribution in [0.1, 0.15) is 19.4 Å². The maximum absolute atomic E-state index is 10.9. The van der Waals surface area contributed by atoms with Gasteiger partial charge in [0.15, 0.2) is 0 Å². The molecule has 1 aliphatic heterocycles. The Morgan fingerprint density at radius 1 is 0.914 bits per heavy atom. The number of para-hydroxylation sites is 1. The third-order valence-corrected chi connectivity index (χ3v) is 7.15. The van der Waals surface area contributed by atoms with Crippen LogP contribution in [0.4, 0.5) is 22.7 Å². The van der Waals surface area contributed by atoms with Crippen LogP contribution in [0.15, 0.2) is 94.8 Å². The van der Waals surface area contributed by atoms with Crippen molar-refractivity contribution in [1.82, 2.24) is 0 Å². The minimum Gasteiger partial charge on any atom is -0.506 e. The van der Waals surface area contributed by atoms with Crippen molar-refractivity contribution in [3.05, 3.63) is 90.1 Å². The quantitative estimate of drug-likeness (QED) is 0.382. The van der Waals surface area contributed by atoms with Crippen LogP contribution in [-0.4, -0.2) is 40.6 Å². The second-order valence-electron chi connectivity index (χ2n) is 9.72. The third-order valence-electron chi connectivity index (χ3n) is 7.15. The largest absolute Gasteiger partial charge is 0.506 e. The van der Waals surface area contributed by atoms with Gasteiger partial charge in [-0.05, 0) is 35.9 Å². The highest BCUT2D eigenvalue weighted by atomic mass is 16.3. The summed E-state index contributed by atoms with van der Waals surface area (Å²) in [5.74, 6) is -0.435. The Kier molecular flexibility index (Phi) is 5.83. The molecule has 0 saturated heterocycles. The second-order valence-corrected chi connectivity index (χ2v) is 9.72. The Hall–Kier alpha value is -3.68. The Morgan fingerprint density at radius 2 is 1.60 bits per heavy atom. The molecule has 0 spiro atoms. The van der Waals surface area contributed by atoms with E-state index in [9.17, 15) is 15.3 Å². The van der Waals surface area contributed by atoms with Gasteiger partial charge in [-0.2, -0.15) is 5.11 Å². The van der Waals surface area contributed by atoms with Crippen molar-refractivity contribution in [3.63, 3.8) is 0 Å². The third kappa shape index (κ3) is 4.07. The zero-order chi connectivity index (χ0) is 24.7. The van der Waals surface area contributed by atoms with Gasteiger partial charge >= 0.3 is 0 Å². The van der Waals surface area contributed by atoms with Crippen LogP contribution in [0.3, 0.4) is 0 Å². The highest BCUT2D eigenvalue weighted by Gasteiger charge is 2.50. The number of azo groups is 1. The van der Waals surface area contributed by atoms with Gasteiger partial charge in [0.25, 0.3) is 0 Å². The fourth-order valence-electron chi connectivity index (χ4n) is 5.09. The Morgan fingerprint density at radius 3 is 2.29 bits per heavy atom. The first-order valence-corrected chi connectivity index (χ1v) is 11.8. The van der Waals surface area contributed by atoms with Crippen LogP contribution in [0.25, 0.3) is 0 Å². The maximum Gasteiger partial charge on any atom is 0.145 e. The Bertz CT molecular complexity index is 1280. The molecule has 1 saturated carbocycles. The molecule has 3 aromatic carbocycles. The highest BCUT2D eigenvalue weighted by molar-refractivity contribution is 5.70. The molecule has 1 heterocycles. The standard InChI is InChI=1S/C28H30N4O3/c1-28(2)20-11-7-8-12-22(20)32(3)24(28)16-19-26(34)25(27(19)35)29-18-13-14-21(23(33)15-18)31-30-17-9-5-4-6-10-17/h4-16,19,25-27,29,33-35H,1-3H3. The summed E-state index contributed by atoms with van der Waals surface area (Å²) < 4.78 is 0. The molecule has 0 amide bonds. The Balaban J connectivity index is 1.28. The molecule has 2 unspecified atom stereocenters. The van der Waals surface area contributed by atoms with Gasteiger partial charge in [0.2, 0.25) is 0 Å². The van der Waals surface area contributed by atoms with E-state index in [0.29, 0.717) is 17.1 Å². The number of hydrogen-bond acceptors (Lipinski definition) is 7.